The van der Waals surface area contributed by atoms with Gasteiger partial charge in [0, 0.05) is 50.0 Å². The minimum atomic E-state index is 0.186. The number of aromatic amines is 1. The molecule has 0 bridgehead atoms. The van der Waals surface area contributed by atoms with Crippen molar-refractivity contribution in [2.75, 3.05) is 19.7 Å². The van der Waals surface area contributed by atoms with Gasteiger partial charge in [-0.2, -0.15) is 10.2 Å². The third kappa shape index (κ3) is 3.32. The average Bonchev–Trinajstić information content (AvgIpc) is 3.40. The molecule has 2 atom stereocenters. The minimum absolute atomic E-state index is 0.186. The molecule has 0 saturated carbocycles. The number of aliphatic hydroxyl groups excluding tert-OH is 1. The molecule has 138 valence electrons. The van der Waals surface area contributed by atoms with Crippen molar-refractivity contribution in [2.45, 2.75) is 32.4 Å². The van der Waals surface area contributed by atoms with E-state index in [-0.39, 0.29) is 12.5 Å². The van der Waals surface area contributed by atoms with Crippen LogP contribution in [0.2, 0.25) is 0 Å². The molecule has 26 heavy (non-hydrogen) atoms. The Kier molecular flexibility index (Phi) is 4.65. The number of aliphatic hydroxyl groups is 1. The van der Waals surface area contributed by atoms with E-state index in [1.807, 2.05) is 29.1 Å². The van der Waals surface area contributed by atoms with Gasteiger partial charge < -0.3 is 9.52 Å². The lowest BCUT2D eigenvalue weighted by molar-refractivity contribution is 0.211. The van der Waals surface area contributed by atoms with Crippen molar-refractivity contribution in [3.63, 3.8) is 0 Å². The lowest BCUT2D eigenvalue weighted by atomic mass is 9.92. The van der Waals surface area contributed by atoms with Crippen molar-refractivity contribution in [1.29, 1.82) is 0 Å². The molecule has 0 spiro atoms. The average molecular weight is 355 g/mol. The molecule has 4 heterocycles. The van der Waals surface area contributed by atoms with Crippen molar-refractivity contribution in [3.8, 4) is 11.5 Å². The number of likely N-dealkylation sites (tertiary alicyclic amines) is 1. The fourth-order valence-electron chi connectivity index (χ4n) is 3.70. The van der Waals surface area contributed by atoms with Gasteiger partial charge in [0.2, 0.25) is 0 Å². The maximum atomic E-state index is 9.84. The Balaban J connectivity index is 1.45. The van der Waals surface area contributed by atoms with Gasteiger partial charge in [-0.3, -0.25) is 14.7 Å². The third-order valence-corrected chi connectivity index (χ3v) is 5.14. The number of hydrogen-bond acceptors (Lipinski definition) is 5. The van der Waals surface area contributed by atoms with Crippen LogP contribution in [0.5, 0.6) is 0 Å². The molecule has 0 unspecified atom stereocenters. The van der Waals surface area contributed by atoms with Gasteiger partial charge in [-0.15, -0.1) is 0 Å². The molecule has 1 aliphatic rings. The number of hydrogen-bond donors (Lipinski definition) is 2. The Morgan fingerprint density at radius 3 is 2.88 bits per heavy atom. The number of H-pyrrole nitrogens is 1. The number of nitrogens with one attached hydrogen (secondary N) is 1. The highest BCUT2D eigenvalue weighted by atomic mass is 16.3. The van der Waals surface area contributed by atoms with Crippen LogP contribution < -0.4 is 0 Å². The molecular weight excluding hydrogens is 330 g/mol. The quantitative estimate of drug-likeness (QED) is 0.710. The second-order valence-corrected chi connectivity index (χ2v) is 7.33. The van der Waals surface area contributed by atoms with Crippen LogP contribution in [0.15, 0.2) is 41.2 Å². The predicted molar refractivity (Wildman–Crippen MR) is 97.5 cm³/mol. The van der Waals surface area contributed by atoms with E-state index < -0.39 is 0 Å². The topological polar surface area (TPSA) is 83.1 Å². The Labute approximate surface area is 152 Å². The highest BCUT2D eigenvalue weighted by Gasteiger charge is 2.34. The molecule has 3 aromatic rings. The van der Waals surface area contributed by atoms with Gasteiger partial charge in [-0.25, -0.2) is 0 Å². The summed E-state index contributed by atoms with van der Waals surface area (Å²) in [7, 11) is 0. The summed E-state index contributed by atoms with van der Waals surface area (Å²) in [5.74, 6) is 2.24. The normalized spacial score (nSPS) is 21.1. The van der Waals surface area contributed by atoms with Crippen molar-refractivity contribution in [3.05, 3.63) is 48.1 Å². The number of rotatable bonds is 6. The number of aromatic nitrogens is 4. The summed E-state index contributed by atoms with van der Waals surface area (Å²) in [6, 6.07) is 6.21. The highest BCUT2D eigenvalue weighted by molar-refractivity contribution is 5.51. The Morgan fingerprint density at radius 2 is 2.19 bits per heavy atom. The summed E-state index contributed by atoms with van der Waals surface area (Å²) < 4.78 is 7.93. The van der Waals surface area contributed by atoms with E-state index in [9.17, 15) is 5.11 Å². The second kappa shape index (κ2) is 7.09. The van der Waals surface area contributed by atoms with E-state index in [4.69, 9.17) is 4.42 Å². The molecule has 0 aromatic carbocycles. The summed E-state index contributed by atoms with van der Waals surface area (Å²) in [5.41, 5.74) is 2.09. The van der Waals surface area contributed by atoms with E-state index in [2.05, 4.69) is 40.2 Å². The first-order valence-electron chi connectivity index (χ1n) is 9.09. The summed E-state index contributed by atoms with van der Waals surface area (Å²) in [6.45, 7) is 6.92. The summed E-state index contributed by atoms with van der Waals surface area (Å²) in [6.07, 6.45) is 5.77. The largest absolute Gasteiger partial charge is 0.458 e. The van der Waals surface area contributed by atoms with Crippen molar-refractivity contribution in [1.82, 2.24) is 24.9 Å². The van der Waals surface area contributed by atoms with E-state index in [1.165, 1.54) is 5.56 Å². The van der Waals surface area contributed by atoms with Gasteiger partial charge in [0.1, 0.15) is 11.5 Å². The maximum Gasteiger partial charge on any atom is 0.152 e. The molecular formula is C19H25N5O2. The second-order valence-electron chi connectivity index (χ2n) is 7.33. The zero-order chi connectivity index (χ0) is 18.1. The maximum absolute atomic E-state index is 9.84. The first-order chi connectivity index (χ1) is 12.6. The number of nitrogens with zero attached hydrogens (tertiary/aromatic N) is 4. The van der Waals surface area contributed by atoms with Crippen molar-refractivity contribution < 1.29 is 9.52 Å². The fourth-order valence-corrected chi connectivity index (χ4v) is 3.70. The minimum Gasteiger partial charge on any atom is -0.458 e. The zero-order valence-corrected chi connectivity index (χ0v) is 15.2. The van der Waals surface area contributed by atoms with Gasteiger partial charge in [0.05, 0.1) is 12.7 Å². The summed E-state index contributed by atoms with van der Waals surface area (Å²) in [5, 5.41) is 21.2. The van der Waals surface area contributed by atoms with E-state index in [0.717, 1.165) is 36.8 Å². The van der Waals surface area contributed by atoms with E-state index in [1.54, 1.807) is 6.20 Å². The van der Waals surface area contributed by atoms with Crippen molar-refractivity contribution in [2.24, 2.45) is 5.92 Å². The zero-order valence-electron chi connectivity index (χ0n) is 15.2. The van der Waals surface area contributed by atoms with Gasteiger partial charge >= 0.3 is 0 Å². The molecule has 1 fully saturated rings. The van der Waals surface area contributed by atoms with Gasteiger partial charge in [-0.05, 0) is 37.6 Å². The van der Waals surface area contributed by atoms with Crippen LogP contribution in [-0.4, -0.2) is 49.7 Å². The van der Waals surface area contributed by atoms with Gasteiger partial charge in [-0.1, -0.05) is 0 Å². The predicted octanol–water partition coefficient (Wildman–Crippen LogP) is 2.66. The van der Waals surface area contributed by atoms with Crippen LogP contribution in [0.25, 0.3) is 11.5 Å². The van der Waals surface area contributed by atoms with E-state index in [0.29, 0.717) is 12.0 Å². The first kappa shape index (κ1) is 17.1. The van der Waals surface area contributed by atoms with Gasteiger partial charge in [0.25, 0.3) is 0 Å². The Bertz CT molecular complexity index is 836. The molecule has 1 aliphatic heterocycles. The fraction of sp³-hybridized carbons (Fsp3) is 0.474. The lowest BCUT2D eigenvalue weighted by Gasteiger charge is -2.14. The molecule has 3 aromatic heterocycles. The van der Waals surface area contributed by atoms with Crippen molar-refractivity contribution >= 4 is 0 Å². The molecule has 4 rings (SSSR count). The van der Waals surface area contributed by atoms with Crippen LogP contribution in [-0.2, 0) is 6.54 Å². The smallest absolute Gasteiger partial charge is 0.152 e. The van der Waals surface area contributed by atoms with Crippen LogP contribution in [0.3, 0.4) is 0 Å². The third-order valence-electron chi connectivity index (χ3n) is 5.14. The SMILES string of the molecule is CC(C)n1cc([C@@H]2CN(Cc3ccc(-c4ccn[nH]4)o3)C[C@H]2CO)cn1. The molecule has 0 radical (unpaired) electrons. The van der Waals surface area contributed by atoms with Crippen LogP contribution in [0.4, 0.5) is 0 Å². The van der Waals surface area contributed by atoms with Gasteiger partial charge in [0.15, 0.2) is 5.76 Å². The monoisotopic (exact) mass is 355 g/mol. The van der Waals surface area contributed by atoms with Crippen LogP contribution in [0.1, 0.15) is 37.1 Å². The first-order valence-corrected chi connectivity index (χ1v) is 9.09. The standard InChI is InChI=1S/C19H25N5O2/c1-13(2)24-9-14(7-21-24)17-11-23(8-15(17)12-25)10-16-3-4-19(26-16)18-5-6-20-22-18/h3-7,9,13,15,17,25H,8,10-12H2,1-2H3,(H,20,22)/t15-,17-/m0/s1. The molecule has 7 heteroatoms. The molecule has 0 amide bonds. The molecule has 0 aliphatic carbocycles. The van der Waals surface area contributed by atoms with E-state index >= 15 is 0 Å². The molecule has 7 nitrogen and oxygen atoms in total. The summed E-state index contributed by atoms with van der Waals surface area (Å²) in [4.78, 5) is 2.34. The lowest BCUT2D eigenvalue weighted by Crippen LogP contribution is -2.20. The Morgan fingerprint density at radius 1 is 1.31 bits per heavy atom. The van der Waals surface area contributed by atoms with Crippen LogP contribution >= 0.6 is 0 Å². The highest BCUT2D eigenvalue weighted by Crippen LogP contribution is 2.34. The van der Waals surface area contributed by atoms with Crippen LogP contribution in [0, 0.1) is 5.92 Å². The Hall–Kier alpha value is -2.38. The summed E-state index contributed by atoms with van der Waals surface area (Å²) >= 11 is 0. The number of furan rings is 1. The molecule has 2 N–H and O–H groups in total. The molecule has 1 saturated heterocycles.